The fourth-order valence-electron chi connectivity index (χ4n) is 0.778. The molecule has 0 bridgehead atoms. The minimum absolute atomic E-state index is 1.02. The topological polar surface area (TPSA) is 0 Å². The first kappa shape index (κ1) is 11.0. The van der Waals surface area contributed by atoms with Crippen LogP contribution in [-0.4, -0.2) is 0 Å². The van der Waals surface area contributed by atoms with Gasteiger partial charge >= 0.3 is 0 Å². The average molecular weight is 162 g/mol. The van der Waals surface area contributed by atoms with Crippen molar-refractivity contribution in [3.05, 3.63) is 24.3 Å². The molecule has 0 aromatic rings. The summed E-state index contributed by atoms with van der Waals surface area (Å²) in [5.41, 5.74) is 1.05. The van der Waals surface area contributed by atoms with Crippen molar-refractivity contribution >= 4 is 0 Å². The van der Waals surface area contributed by atoms with Crippen LogP contribution < -0.4 is 0 Å². The zero-order chi connectivity index (χ0) is 9.23. The maximum absolute atomic E-state index is 3.75. The molecule has 0 aliphatic rings. The second kappa shape index (κ2) is 8.14. The number of hydrogen-bond donors (Lipinski definition) is 0. The zero-order valence-corrected chi connectivity index (χ0v) is 8.19. The second-order valence-corrected chi connectivity index (χ2v) is 2.96. The molecular formula is C12H18. The van der Waals surface area contributed by atoms with E-state index in [9.17, 15) is 0 Å². The third-order valence-corrected chi connectivity index (χ3v) is 1.46. The molecule has 0 heteroatoms. The summed E-state index contributed by atoms with van der Waals surface area (Å²) >= 11 is 0. The van der Waals surface area contributed by atoms with Gasteiger partial charge in [-0.15, -0.1) is 0 Å². The van der Waals surface area contributed by atoms with Crippen molar-refractivity contribution in [1.82, 2.24) is 0 Å². The highest BCUT2D eigenvalue weighted by atomic mass is 13.8. The maximum atomic E-state index is 3.75. The summed E-state index contributed by atoms with van der Waals surface area (Å²) in [7, 11) is 0. The van der Waals surface area contributed by atoms with Gasteiger partial charge in [0.25, 0.3) is 0 Å². The maximum Gasteiger partial charge on any atom is 0.00922 e. The third-order valence-electron chi connectivity index (χ3n) is 1.46. The lowest BCUT2D eigenvalue weighted by Gasteiger charge is -1.87. The van der Waals surface area contributed by atoms with Crippen molar-refractivity contribution in [2.45, 2.75) is 39.5 Å². The fourth-order valence-corrected chi connectivity index (χ4v) is 0.778. The van der Waals surface area contributed by atoms with Crippen molar-refractivity contribution in [1.29, 1.82) is 0 Å². The van der Waals surface area contributed by atoms with Gasteiger partial charge in [-0.2, -0.15) is 0 Å². The lowest BCUT2D eigenvalue weighted by molar-refractivity contribution is 0.737. The molecular weight excluding hydrogens is 144 g/mol. The SMILES string of the molecule is C=C(C)/C=C\C#CCCCCC. The summed E-state index contributed by atoms with van der Waals surface area (Å²) in [6.07, 6.45) is 8.61. The zero-order valence-electron chi connectivity index (χ0n) is 8.19. The first-order chi connectivity index (χ1) is 5.77. The normalized spacial score (nSPS) is 9.50. The molecule has 12 heavy (non-hydrogen) atoms. The van der Waals surface area contributed by atoms with E-state index in [0.717, 1.165) is 12.0 Å². The monoisotopic (exact) mass is 162 g/mol. The van der Waals surface area contributed by atoms with E-state index in [1.54, 1.807) is 0 Å². The standard InChI is InChI=1S/C12H18/c1-4-5-6-7-8-9-10-11-12(2)3/h10-11H,2,4-7H2,1,3H3/b11-10-. The van der Waals surface area contributed by atoms with Gasteiger partial charge in [0.2, 0.25) is 0 Å². The van der Waals surface area contributed by atoms with Crippen LogP contribution in [0.25, 0.3) is 0 Å². The van der Waals surface area contributed by atoms with Gasteiger partial charge in [0.15, 0.2) is 0 Å². The van der Waals surface area contributed by atoms with Gasteiger partial charge in [0.1, 0.15) is 0 Å². The Morgan fingerprint density at radius 2 is 2.17 bits per heavy atom. The van der Waals surface area contributed by atoms with E-state index in [2.05, 4.69) is 25.3 Å². The summed E-state index contributed by atoms with van der Waals surface area (Å²) in [5, 5.41) is 0. The van der Waals surface area contributed by atoms with Gasteiger partial charge < -0.3 is 0 Å². The quantitative estimate of drug-likeness (QED) is 0.336. The molecule has 0 unspecified atom stereocenters. The van der Waals surface area contributed by atoms with Gasteiger partial charge in [0, 0.05) is 6.42 Å². The first-order valence-electron chi connectivity index (χ1n) is 4.57. The Labute approximate surface area is 76.4 Å². The van der Waals surface area contributed by atoms with Crippen LogP contribution in [0.2, 0.25) is 0 Å². The molecule has 0 nitrogen and oxygen atoms in total. The minimum Gasteiger partial charge on any atom is -0.0985 e. The fraction of sp³-hybridized carbons (Fsp3) is 0.500. The average Bonchev–Trinajstić information content (AvgIpc) is 2.02. The highest BCUT2D eigenvalue weighted by Gasteiger charge is 1.79. The van der Waals surface area contributed by atoms with E-state index in [1.807, 2.05) is 19.1 Å². The summed E-state index contributed by atoms with van der Waals surface area (Å²) in [5.74, 6) is 6.08. The van der Waals surface area contributed by atoms with Gasteiger partial charge in [-0.05, 0) is 19.4 Å². The van der Waals surface area contributed by atoms with E-state index in [1.165, 1.54) is 19.3 Å². The molecule has 0 fully saturated rings. The van der Waals surface area contributed by atoms with Crippen LogP contribution in [0, 0.1) is 11.8 Å². The molecule has 0 atom stereocenters. The number of rotatable bonds is 4. The van der Waals surface area contributed by atoms with Crippen LogP contribution >= 0.6 is 0 Å². The lowest BCUT2D eigenvalue weighted by Crippen LogP contribution is -1.70. The highest BCUT2D eigenvalue weighted by Crippen LogP contribution is 1.96. The molecule has 0 aliphatic carbocycles. The molecule has 0 spiro atoms. The summed E-state index contributed by atoms with van der Waals surface area (Å²) in [6, 6.07) is 0. The molecule has 0 radical (unpaired) electrons. The number of allylic oxidation sites excluding steroid dienone is 3. The molecule has 0 aliphatic heterocycles. The van der Waals surface area contributed by atoms with Crippen LogP contribution in [0.4, 0.5) is 0 Å². The molecule has 66 valence electrons. The van der Waals surface area contributed by atoms with Gasteiger partial charge in [-0.3, -0.25) is 0 Å². The van der Waals surface area contributed by atoms with E-state index in [-0.39, 0.29) is 0 Å². The molecule has 0 N–H and O–H groups in total. The van der Waals surface area contributed by atoms with E-state index in [0.29, 0.717) is 0 Å². The van der Waals surface area contributed by atoms with Crippen molar-refractivity contribution < 1.29 is 0 Å². The predicted molar refractivity (Wildman–Crippen MR) is 55.9 cm³/mol. The predicted octanol–water partition coefficient (Wildman–Crippen LogP) is 3.70. The van der Waals surface area contributed by atoms with Crippen LogP contribution in [-0.2, 0) is 0 Å². The largest absolute Gasteiger partial charge is 0.0985 e. The molecule has 0 saturated carbocycles. The number of unbranched alkanes of at least 4 members (excludes halogenated alkanes) is 3. The summed E-state index contributed by atoms with van der Waals surface area (Å²) in [6.45, 7) is 7.92. The van der Waals surface area contributed by atoms with Crippen LogP contribution in [0.3, 0.4) is 0 Å². The molecule has 0 aromatic carbocycles. The van der Waals surface area contributed by atoms with Crippen molar-refractivity contribution in [3.63, 3.8) is 0 Å². The molecule has 0 heterocycles. The van der Waals surface area contributed by atoms with Crippen LogP contribution in [0.1, 0.15) is 39.5 Å². The van der Waals surface area contributed by atoms with Crippen LogP contribution in [0.5, 0.6) is 0 Å². The van der Waals surface area contributed by atoms with E-state index >= 15 is 0 Å². The second-order valence-electron chi connectivity index (χ2n) is 2.96. The molecule has 0 amide bonds. The number of hydrogen-bond acceptors (Lipinski definition) is 0. The summed E-state index contributed by atoms with van der Waals surface area (Å²) in [4.78, 5) is 0. The molecule has 0 rings (SSSR count). The first-order valence-corrected chi connectivity index (χ1v) is 4.57. The third kappa shape index (κ3) is 9.04. The summed E-state index contributed by atoms with van der Waals surface area (Å²) < 4.78 is 0. The molecule has 0 saturated heterocycles. The smallest absolute Gasteiger partial charge is 0.00922 e. The lowest BCUT2D eigenvalue weighted by atomic mass is 10.2. The molecule has 0 aromatic heterocycles. The Morgan fingerprint density at radius 3 is 2.75 bits per heavy atom. The van der Waals surface area contributed by atoms with Gasteiger partial charge in [-0.1, -0.05) is 49.8 Å². The Morgan fingerprint density at radius 1 is 1.42 bits per heavy atom. The van der Waals surface area contributed by atoms with E-state index < -0.39 is 0 Å². The van der Waals surface area contributed by atoms with E-state index in [4.69, 9.17) is 0 Å². The van der Waals surface area contributed by atoms with Crippen LogP contribution in [0.15, 0.2) is 24.3 Å². The Hall–Kier alpha value is -0.960. The highest BCUT2D eigenvalue weighted by molar-refractivity contribution is 5.22. The van der Waals surface area contributed by atoms with Gasteiger partial charge in [0.05, 0.1) is 0 Å². The van der Waals surface area contributed by atoms with Crippen molar-refractivity contribution in [2.24, 2.45) is 0 Å². The van der Waals surface area contributed by atoms with Crippen molar-refractivity contribution in [2.75, 3.05) is 0 Å². The van der Waals surface area contributed by atoms with Gasteiger partial charge in [-0.25, -0.2) is 0 Å². The Kier molecular flexibility index (Phi) is 7.49. The Bertz CT molecular complexity index is 198. The van der Waals surface area contributed by atoms with Crippen molar-refractivity contribution in [3.8, 4) is 11.8 Å². The minimum atomic E-state index is 1.02. The Balaban J connectivity index is 3.40.